The average molecular weight is 486 g/mol. The van der Waals surface area contributed by atoms with E-state index < -0.39 is 0 Å². The number of esters is 1. The number of hydrogen-bond donors (Lipinski definition) is 1. The summed E-state index contributed by atoms with van der Waals surface area (Å²) in [5.74, 6) is 0.459. The van der Waals surface area contributed by atoms with Gasteiger partial charge in [0.05, 0.1) is 26.3 Å². The van der Waals surface area contributed by atoms with Gasteiger partial charge in [-0.05, 0) is 48.9 Å². The highest BCUT2D eigenvalue weighted by Crippen LogP contribution is 2.37. The van der Waals surface area contributed by atoms with Gasteiger partial charge in [0.25, 0.3) is 0 Å². The molecule has 1 saturated heterocycles. The van der Waals surface area contributed by atoms with Gasteiger partial charge in [-0.2, -0.15) is 0 Å². The number of piperazine rings is 1. The van der Waals surface area contributed by atoms with Gasteiger partial charge in [-0.25, -0.2) is 4.79 Å². The van der Waals surface area contributed by atoms with Crippen molar-refractivity contribution in [2.45, 2.75) is 45.1 Å². The van der Waals surface area contributed by atoms with Crippen LogP contribution in [0.5, 0.6) is 5.75 Å². The number of fused-ring (bicyclic) bond motifs is 1. The second kappa shape index (κ2) is 11.8. The fourth-order valence-corrected chi connectivity index (χ4v) is 6.12. The Hall–Kier alpha value is -2.42. The molecule has 1 aliphatic heterocycles. The normalized spacial score (nSPS) is 17.4. The van der Waals surface area contributed by atoms with E-state index in [9.17, 15) is 9.59 Å². The smallest absolute Gasteiger partial charge is 0.341 e. The third-order valence-corrected chi connectivity index (χ3v) is 7.89. The highest BCUT2D eigenvalue weighted by atomic mass is 32.1. The van der Waals surface area contributed by atoms with Gasteiger partial charge in [-0.1, -0.05) is 25.0 Å². The fourth-order valence-electron chi connectivity index (χ4n) is 4.83. The lowest BCUT2D eigenvalue weighted by atomic mass is 9.96. The van der Waals surface area contributed by atoms with Crippen LogP contribution in [-0.2, 0) is 28.9 Å². The lowest BCUT2D eigenvalue weighted by Gasteiger charge is -2.34. The molecule has 1 N–H and O–H groups in total. The van der Waals surface area contributed by atoms with E-state index in [-0.39, 0.29) is 11.9 Å². The van der Waals surface area contributed by atoms with E-state index in [1.165, 1.54) is 30.4 Å². The summed E-state index contributed by atoms with van der Waals surface area (Å²) in [7, 11) is 3.09. The van der Waals surface area contributed by atoms with E-state index in [0.717, 1.165) is 69.7 Å². The standard InChI is InChI=1S/C26H35N3O4S/c1-32-20-9-7-8-19(16-20)17-28-12-14-29(15-13-28)18-23(30)27-25-24(26(31)33-2)21-10-5-3-4-6-11-22(21)34-25/h7-9,16H,3-6,10-15,17-18H2,1-2H3,(H,27,30). The number of ether oxygens (including phenoxy) is 2. The van der Waals surface area contributed by atoms with E-state index >= 15 is 0 Å². The van der Waals surface area contributed by atoms with Crippen LogP contribution < -0.4 is 10.1 Å². The molecular formula is C26H35N3O4S. The van der Waals surface area contributed by atoms with Crippen LogP contribution in [0.2, 0.25) is 0 Å². The summed E-state index contributed by atoms with van der Waals surface area (Å²) in [6.07, 6.45) is 6.44. The largest absolute Gasteiger partial charge is 0.497 e. The molecule has 1 aromatic carbocycles. The Bertz CT molecular complexity index is 998. The molecule has 4 rings (SSSR count). The van der Waals surface area contributed by atoms with E-state index in [2.05, 4.69) is 27.2 Å². The van der Waals surface area contributed by atoms with Crippen molar-refractivity contribution in [2.24, 2.45) is 0 Å². The lowest BCUT2D eigenvalue weighted by Crippen LogP contribution is -2.48. The second-order valence-electron chi connectivity index (χ2n) is 9.07. The number of thiophene rings is 1. The van der Waals surface area contributed by atoms with Gasteiger partial charge in [0.15, 0.2) is 0 Å². The first-order chi connectivity index (χ1) is 16.6. The van der Waals surface area contributed by atoms with Crippen LogP contribution in [0, 0.1) is 0 Å². The lowest BCUT2D eigenvalue weighted by molar-refractivity contribution is -0.117. The quantitative estimate of drug-likeness (QED) is 0.599. The number of rotatable bonds is 7. The van der Waals surface area contributed by atoms with Crippen LogP contribution >= 0.6 is 11.3 Å². The molecule has 2 heterocycles. The molecule has 2 aliphatic rings. The molecule has 0 atom stereocenters. The minimum Gasteiger partial charge on any atom is -0.497 e. The third-order valence-electron chi connectivity index (χ3n) is 6.69. The maximum atomic E-state index is 12.9. The van der Waals surface area contributed by atoms with Crippen molar-refractivity contribution in [2.75, 3.05) is 52.3 Å². The van der Waals surface area contributed by atoms with E-state index in [4.69, 9.17) is 9.47 Å². The van der Waals surface area contributed by atoms with Crippen molar-refractivity contribution >= 4 is 28.2 Å². The zero-order valence-corrected chi connectivity index (χ0v) is 21.0. The van der Waals surface area contributed by atoms with Crippen molar-refractivity contribution in [3.05, 3.63) is 45.8 Å². The van der Waals surface area contributed by atoms with Crippen molar-refractivity contribution < 1.29 is 19.1 Å². The van der Waals surface area contributed by atoms with Crippen LogP contribution in [0.25, 0.3) is 0 Å². The summed E-state index contributed by atoms with van der Waals surface area (Å²) in [6, 6.07) is 8.16. The summed E-state index contributed by atoms with van der Waals surface area (Å²) >= 11 is 1.55. The monoisotopic (exact) mass is 485 g/mol. The number of carbonyl (C=O) groups is 2. The Balaban J connectivity index is 1.33. The zero-order chi connectivity index (χ0) is 23.9. The number of anilines is 1. The van der Waals surface area contributed by atoms with Gasteiger partial charge in [-0.15, -0.1) is 11.3 Å². The van der Waals surface area contributed by atoms with Gasteiger partial charge in [0, 0.05) is 37.6 Å². The molecule has 184 valence electrons. The Labute approximate surface area is 206 Å². The summed E-state index contributed by atoms with van der Waals surface area (Å²) in [5, 5.41) is 3.70. The third kappa shape index (κ3) is 6.17. The average Bonchev–Trinajstić information content (AvgIpc) is 3.15. The Kier molecular flexibility index (Phi) is 8.59. The highest BCUT2D eigenvalue weighted by molar-refractivity contribution is 7.17. The first-order valence-electron chi connectivity index (χ1n) is 12.2. The molecule has 1 aromatic heterocycles. The van der Waals surface area contributed by atoms with Crippen LogP contribution in [0.4, 0.5) is 5.00 Å². The number of amides is 1. The molecule has 34 heavy (non-hydrogen) atoms. The van der Waals surface area contributed by atoms with Gasteiger partial charge >= 0.3 is 5.97 Å². The van der Waals surface area contributed by atoms with Crippen molar-refractivity contribution in [1.29, 1.82) is 0 Å². The van der Waals surface area contributed by atoms with Crippen molar-refractivity contribution in [3.8, 4) is 5.75 Å². The maximum Gasteiger partial charge on any atom is 0.341 e. The van der Waals surface area contributed by atoms with Crippen LogP contribution in [0.1, 0.15) is 52.0 Å². The number of nitrogens with zero attached hydrogens (tertiary/aromatic N) is 2. The number of methoxy groups -OCH3 is 2. The summed E-state index contributed by atoms with van der Waals surface area (Å²) in [6.45, 7) is 4.69. The fraction of sp³-hybridized carbons (Fsp3) is 0.538. The number of aryl methyl sites for hydroxylation is 1. The molecule has 0 saturated carbocycles. The first kappa shape index (κ1) is 24.7. The van der Waals surface area contributed by atoms with Crippen LogP contribution in [-0.4, -0.2) is 68.6 Å². The van der Waals surface area contributed by atoms with Crippen LogP contribution in [0.15, 0.2) is 24.3 Å². The molecular weight excluding hydrogens is 450 g/mol. The summed E-state index contributed by atoms with van der Waals surface area (Å²) in [4.78, 5) is 31.3. The van der Waals surface area contributed by atoms with Gasteiger partial charge < -0.3 is 14.8 Å². The van der Waals surface area contributed by atoms with E-state index in [1.807, 2.05) is 12.1 Å². The predicted octanol–water partition coefficient (Wildman–Crippen LogP) is 3.96. The van der Waals surface area contributed by atoms with Gasteiger partial charge in [0.2, 0.25) is 5.91 Å². The predicted molar refractivity (Wildman–Crippen MR) is 135 cm³/mol. The molecule has 8 heteroatoms. The molecule has 2 aromatic rings. The minimum atomic E-state index is -0.348. The number of nitrogens with one attached hydrogen (secondary N) is 1. The van der Waals surface area contributed by atoms with Crippen LogP contribution in [0.3, 0.4) is 0 Å². The van der Waals surface area contributed by atoms with Gasteiger partial charge in [-0.3, -0.25) is 14.6 Å². The van der Waals surface area contributed by atoms with Crippen molar-refractivity contribution in [1.82, 2.24) is 9.80 Å². The number of hydrogen-bond acceptors (Lipinski definition) is 7. The molecule has 1 fully saturated rings. The molecule has 7 nitrogen and oxygen atoms in total. The Morgan fingerprint density at radius 2 is 1.74 bits per heavy atom. The maximum absolute atomic E-state index is 12.9. The molecule has 0 spiro atoms. The summed E-state index contributed by atoms with van der Waals surface area (Å²) in [5.41, 5.74) is 2.88. The first-order valence-corrected chi connectivity index (χ1v) is 13.0. The molecule has 1 aliphatic carbocycles. The Morgan fingerprint density at radius 1 is 1.00 bits per heavy atom. The SMILES string of the molecule is COC(=O)c1c(NC(=O)CN2CCN(Cc3cccc(OC)c3)CC2)sc2c1CCCCCC2. The topological polar surface area (TPSA) is 71.1 Å². The highest BCUT2D eigenvalue weighted by Gasteiger charge is 2.27. The minimum absolute atomic E-state index is 0.0689. The molecule has 1 amide bonds. The van der Waals surface area contributed by atoms with E-state index in [1.54, 1.807) is 18.4 Å². The Morgan fingerprint density at radius 3 is 2.47 bits per heavy atom. The van der Waals surface area contributed by atoms with Crippen molar-refractivity contribution in [3.63, 3.8) is 0 Å². The van der Waals surface area contributed by atoms with Gasteiger partial charge in [0.1, 0.15) is 10.8 Å². The number of carbonyl (C=O) groups excluding carboxylic acids is 2. The second-order valence-corrected chi connectivity index (χ2v) is 10.2. The van der Waals surface area contributed by atoms with E-state index in [0.29, 0.717) is 17.1 Å². The molecule has 0 bridgehead atoms. The number of benzene rings is 1. The zero-order valence-electron chi connectivity index (χ0n) is 20.2. The summed E-state index contributed by atoms with van der Waals surface area (Å²) < 4.78 is 10.4. The molecule has 0 radical (unpaired) electrons. The molecule has 0 unspecified atom stereocenters.